The Morgan fingerprint density at radius 1 is 1.08 bits per heavy atom. The molecule has 0 amide bonds. The van der Waals surface area contributed by atoms with Gasteiger partial charge in [-0.2, -0.15) is 9.61 Å². The Bertz CT molecular complexity index is 892. The van der Waals surface area contributed by atoms with E-state index in [1.807, 2.05) is 0 Å². The van der Waals surface area contributed by atoms with Crippen molar-refractivity contribution in [1.29, 1.82) is 0 Å². The van der Waals surface area contributed by atoms with E-state index in [4.69, 9.17) is 23.2 Å². The highest BCUT2D eigenvalue weighted by Gasteiger charge is 2.18. The average Bonchev–Trinajstić information content (AvgIpc) is 2.90. The lowest BCUT2D eigenvalue weighted by Gasteiger charge is -2.22. The van der Waals surface area contributed by atoms with Crippen LogP contribution in [-0.4, -0.2) is 20.6 Å². The summed E-state index contributed by atoms with van der Waals surface area (Å²) in [6.45, 7) is 6.32. The second-order valence-corrected chi connectivity index (χ2v) is 6.86. The van der Waals surface area contributed by atoms with Gasteiger partial charge in [0.25, 0.3) is 0 Å². The van der Waals surface area contributed by atoms with E-state index >= 15 is 0 Å². The second-order valence-electron chi connectivity index (χ2n) is 6.05. The summed E-state index contributed by atoms with van der Waals surface area (Å²) in [4.78, 5) is 4.37. The van der Waals surface area contributed by atoms with Crippen LogP contribution in [0.1, 0.15) is 20.8 Å². The molecule has 0 saturated carbocycles. The number of nitrogens with one attached hydrogen (secondary N) is 1. The van der Waals surface area contributed by atoms with Crippen molar-refractivity contribution in [2.24, 2.45) is 5.92 Å². The van der Waals surface area contributed by atoms with Gasteiger partial charge in [-0.3, -0.25) is 0 Å². The monoisotopic (exact) mass is 366 g/mol. The van der Waals surface area contributed by atoms with Crippen molar-refractivity contribution in [2.75, 3.05) is 5.32 Å². The van der Waals surface area contributed by atoms with Crippen LogP contribution in [0.5, 0.6) is 0 Å². The predicted octanol–water partition coefficient (Wildman–Crippen LogP) is 5.30. The van der Waals surface area contributed by atoms with Crippen molar-refractivity contribution in [3.8, 4) is 11.1 Å². The van der Waals surface area contributed by atoms with Crippen LogP contribution in [0.3, 0.4) is 0 Å². The Labute approximate surface area is 149 Å². The van der Waals surface area contributed by atoms with Gasteiger partial charge in [0.2, 0.25) is 0 Å². The quantitative estimate of drug-likeness (QED) is 0.681. The molecule has 0 spiro atoms. The summed E-state index contributed by atoms with van der Waals surface area (Å²) in [5, 5.41) is 8.54. The standard InChI is InChI=1S/C17H17Cl2FN4/c1-9(2)10(3)23-16-13(12-5-4-11(20)6-14(12)18)7-21-17-15(19)8-22-24(16)17/h4-10,23H,1-3H3. The highest BCUT2D eigenvalue weighted by atomic mass is 35.5. The van der Waals surface area contributed by atoms with E-state index in [1.54, 1.807) is 23.0 Å². The maximum absolute atomic E-state index is 13.4. The summed E-state index contributed by atoms with van der Waals surface area (Å²) < 4.78 is 15.0. The first-order chi connectivity index (χ1) is 11.4. The molecule has 1 atom stereocenters. The highest BCUT2D eigenvalue weighted by Crippen LogP contribution is 2.35. The predicted molar refractivity (Wildman–Crippen MR) is 96.3 cm³/mol. The number of halogens is 3. The third kappa shape index (κ3) is 3.06. The third-order valence-corrected chi connectivity index (χ3v) is 4.65. The van der Waals surface area contributed by atoms with Crippen LogP contribution in [-0.2, 0) is 0 Å². The molecule has 0 aliphatic heterocycles. The van der Waals surface area contributed by atoms with Crippen molar-refractivity contribution < 1.29 is 4.39 Å². The lowest BCUT2D eigenvalue weighted by atomic mass is 10.0. The minimum atomic E-state index is -0.384. The number of benzene rings is 1. The van der Waals surface area contributed by atoms with Crippen LogP contribution in [0.25, 0.3) is 16.8 Å². The van der Waals surface area contributed by atoms with Gasteiger partial charge in [-0.1, -0.05) is 37.0 Å². The van der Waals surface area contributed by atoms with E-state index < -0.39 is 0 Å². The summed E-state index contributed by atoms with van der Waals surface area (Å²) >= 11 is 12.4. The summed E-state index contributed by atoms with van der Waals surface area (Å²) in [6, 6.07) is 4.47. The molecule has 1 aromatic carbocycles. The Morgan fingerprint density at radius 2 is 1.83 bits per heavy atom. The molecule has 126 valence electrons. The average molecular weight is 367 g/mol. The van der Waals surface area contributed by atoms with E-state index in [0.29, 0.717) is 27.2 Å². The summed E-state index contributed by atoms with van der Waals surface area (Å²) in [7, 11) is 0. The van der Waals surface area contributed by atoms with Crippen molar-refractivity contribution >= 4 is 34.7 Å². The van der Waals surface area contributed by atoms with Crippen LogP contribution in [0.4, 0.5) is 10.2 Å². The molecule has 2 aromatic heterocycles. The van der Waals surface area contributed by atoms with Gasteiger partial charge >= 0.3 is 0 Å². The zero-order valence-electron chi connectivity index (χ0n) is 13.5. The lowest BCUT2D eigenvalue weighted by Crippen LogP contribution is -2.23. The van der Waals surface area contributed by atoms with Crippen molar-refractivity contribution in [3.05, 3.63) is 46.5 Å². The Hall–Kier alpha value is -1.85. The smallest absolute Gasteiger partial charge is 0.176 e. The van der Waals surface area contributed by atoms with Gasteiger partial charge in [0.15, 0.2) is 5.65 Å². The summed E-state index contributed by atoms with van der Waals surface area (Å²) in [5.74, 6) is 0.738. The zero-order valence-corrected chi connectivity index (χ0v) is 15.0. The lowest BCUT2D eigenvalue weighted by molar-refractivity contribution is 0.556. The summed E-state index contributed by atoms with van der Waals surface area (Å²) in [5.41, 5.74) is 1.97. The first kappa shape index (κ1) is 17.0. The van der Waals surface area contributed by atoms with Crippen LogP contribution < -0.4 is 5.32 Å². The van der Waals surface area contributed by atoms with E-state index in [0.717, 1.165) is 11.4 Å². The van der Waals surface area contributed by atoms with Gasteiger partial charge < -0.3 is 5.32 Å². The van der Waals surface area contributed by atoms with Gasteiger partial charge in [0, 0.05) is 23.4 Å². The molecule has 24 heavy (non-hydrogen) atoms. The number of nitrogens with zero attached hydrogens (tertiary/aromatic N) is 3. The van der Waals surface area contributed by atoms with E-state index in [9.17, 15) is 4.39 Å². The largest absolute Gasteiger partial charge is 0.367 e. The molecule has 0 radical (unpaired) electrons. The molecule has 0 fully saturated rings. The van der Waals surface area contributed by atoms with Crippen molar-refractivity contribution in [3.63, 3.8) is 0 Å². The molecule has 1 unspecified atom stereocenters. The number of rotatable bonds is 4. The Kier molecular flexibility index (Phi) is 4.65. The van der Waals surface area contributed by atoms with Crippen molar-refractivity contribution in [1.82, 2.24) is 14.6 Å². The molecule has 2 heterocycles. The Balaban J connectivity index is 2.23. The fourth-order valence-corrected chi connectivity index (χ4v) is 2.77. The van der Waals surface area contributed by atoms with Gasteiger partial charge in [0.05, 0.1) is 11.2 Å². The van der Waals surface area contributed by atoms with Crippen LogP contribution in [0, 0.1) is 11.7 Å². The molecule has 0 aliphatic carbocycles. The molecule has 1 N–H and O–H groups in total. The SMILES string of the molecule is CC(C)C(C)Nc1c(-c2ccc(F)cc2Cl)cnc2c(Cl)cnn12. The van der Waals surface area contributed by atoms with Crippen LogP contribution in [0.15, 0.2) is 30.6 Å². The van der Waals surface area contributed by atoms with Gasteiger partial charge in [0.1, 0.15) is 16.7 Å². The molecule has 4 nitrogen and oxygen atoms in total. The minimum Gasteiger partial charge on any atom is -0.367 e. The minimum absolute atomic E-state index is 0.177. The normalized spacial score (nSPS) is 12.8. The second kappa shape index (κ2) is 6.57. The van der Waals surface area contributed by atoms with E-state index in [1.165, 1.54) is 12.1 Å². The van der Waals surface area contributed by atoms with Crippen LogP contribution >= 0.6 is 23.2 Å². The Morgan fingerprint density at radius 3 is 2.50 bits per heavy atom. The first-order valence-electron chi connectivity index (χ1n) is 7.62. The van der Waals surface area contributed by atoms with Gasteiger partial charge in [-0.25, -0.2) is 9.37 Å². The van der Waals surface area contributed by atoms with Gasteiger partial charge in [-0.05, 0) is 31.0 Å². The molecule has 0 aliphatic rings. The summed E-state index contributed by atoms with van der Waals surface area (Å²) in [6.07, 6.45) is 3.22. The first-order valence-corrected chi connectivity index (χ1v) is 8.38. The molecular formula is C17H17Cl2FN4. The third-order valence-electron chi connectivity index (χ3n) is 4.07. The number of hydrogen-bond donors (Lipinski definition) is 1. The van der Waals surface area contributed by atoms with Gasteiger partial charge in [-0.15, -0.1) is 0 Å². The number of aromatic nitrogens is 3. The molecule has 3 rings (SSSR count). The fourth-order valence-electron chi connectivity index (χ4n) is 2.33. The zero-order chi connectivity index (χ0) is 17.4. The highest BCUT2D eigenvalue weighted by molar-refractivity contribution is 6.34. The van der Waals surface area contributed by atoms with Crippen LogP contribution in [0.2, 0.25) is 10.0 Å². The topological polar surface area (TPSA) is 42.2 Å². The maximum atomic E-state index is 13.4. The number of hydrogen-bond acceptors (Lipinski definition) is 3. The fraction of sp³-hybridized carbons (Fsp3) is 0.294. The molecule has 0 saturated heterocycles. The maximum Gasteiger partial charge on any atom is 0.176 e. The molecule has 3 aromatic rings. The molecular weight excluding hydrogens is 350 g/mol. The molecule has 0 bridgehead atoms. The van der Waals surface area contributed by atoms with E-state index in [-0.39, 0.29) is 11.9 Å². The number of fused-ring (bicyclic) bond motifs is 1. The molecule has 7 heteroatoms. The van der Waals surface area contributed by atoms with Crippen molar-refractivity contribution in [2.45, 2.75) is 26.8 Å². The van der Waals surface area contributed by atoms with E-state index in [2.05, 4.69) is 36.2 Å². The number of anilines is 1.